The van der Waals surface area contributed by atoms with Gasteiger partial charge in [0.05, 0.1) is 47.8 Å². The van der Waals surface area contributed by atoms with E-state index in [-0.39, 0.29) is 32.5 Å². The van der Waals surface area contributed by atoms with Crippen molar-refractivity contribution in [3.05, 3.63) is 0 Å². The van der Waals surface area contributed by atoms with E-state index in [1.54, 1.807) is 0 Å². The minimum absolute atomic E-state index is 0. The molecule has 0 radical (unpaired) electrons. The number of unbranched alkanes of at least 4 members (excludes halogenated alkanes) is 5. The molecule has 1 aliphatic rings. The fourth-order valence-corrected chi connectivity index (χ4v) is 4.17. The zero-order valence-corrected chi connectivity index (χ0v) is 23.8. The van der Waals surface area contributed by atoms with Crippen LogP contribution >= 0.6 is 0 Å². The van der Waals surface area contributed by atoms with Gasteiger partial charge in [-0.15, -0.1) is 0 Å². The van der Waals surface area contributed by atoms with E-state index in [4.69, 9.17) is 24.0 Å². The molecule has 226 valence electrons. The molecule has 1 heterocycles. The van der Waals surface area contributed by atoms with E-state index in [9.17, 15) is 9.59 Å². The van der Waals surface area contributed by atoms with Crippen LogP contribution in [0.3, 0.4) is 0 Å². The van der Waals surface area contributed by atoms with Gasteiger partial charge in [-0.25, -0.2) is 9.78 Å². The Morgan fingerprint density at radius 3 is 1.61 bits per heavy atom. The van der Waals surface area contributed by atoms with Crippen molar-refractivity contribution in [3.8, 4) is 0 Å². The molecular formula is C27H56N4O7. The van der Waals surface area contributed by atoms with Gasteiger partial charge in [-0.2, -0.15) is 0 Å². The summed E-state index contributed by atoms with van der Waals surface area (Å²) in [5, 5.41) is 0. The number of ether oxygens (including phenoxy) is 3. The number of methoxy groups -OCH3 is 2. The van der Waals surface area contributed by atoms with Crippen LogP contribution in [0.15, 0.2) is 0 Å². The molecule has 0 bridgehead atoms. The van der Waals surface area contributed by atoms with Crippen LogP contribution in [0.25, 0.3) is 0 Å². The van der Waals surface area contributed by atoms with E-state index in [1.807, 2.05) is 0 Å². The van der Waals surface area contributed by atoms with Gasteiger partial charge in [0.1, 0.15) is 0 Å². The Kier molecular flexibility index (Phi) is 23.8. The van der Waals surface area contributed by atoms with Crippen molar-refractivity contribution in [3.63, 3.8) is 0 Å². The van der Waals surface area contributed by atoms with Gasteiger partial charge >= 0.3 is 11.9 Å². The smallest absolute Gasteiger partial charge is 0.319 e. The van der Waals surface area contributed by atoms with Crippen LogP contribution in [0.5, 0.6) is 0 Å². The quantitative estimate of drug-likeness (QED) is 0.116. The molecule has 38 heavy (non-hydrogen) atoms. The molecule has 0 amide bonds. The van der Waals surface area contributed by atoms with Gasteiger partial charge in [0.2, 0.25) is 0 Å². The van der Waals surface area contributed by atoms with Gasteiger partial charge in [-0.05, 0) is 6.42 Å². The normalized spacial score (nSPS) is 17.3. The molecule has 0 aromatic carbocycles. The molecule has 11 heteroatoms. The molecule has 1 aliphatic heterocycles. The maximum atomic E-state index is 12.0. The minimum Gasteiger partial charge on any atom is -0.468 e. The number of rotatable bonds is 17. The summed E-state index contributed by atoms with van der Waals surface area (Å²) in [6, 6.07) is 0. The number of carbonyl (C=O) groups excluding carboxylic acids is 2. The number of nitrogens with zero attached hydrogens (tertiary/aromatic N) is 4. The Hall–Kier alpha value is -1.34. The molecule has 1 saturated heterocycles. The lowest BCUT2D eigenvalue weighted by Gasteiger charge is -2.33. The van der Waals surface area contributed by atoms with E-state index in [2.05, 4.69) is 26.5 Å². The van der Waals surface area contributed by atoms with Crippen molar-refractivity contribution in [2.24, 2.45) is 0 Å². The SMILES string of the molecule is C.CCCCCCCCOCN1CCN(CCOOC)CCN(CC(=O)OC)CCN(CC(=O)OC)CC1. The zero-order chi connectivity index (χ0) is 27.1. The third-order valence-electron chi connectivity index (χ3n) is 6.62. The Morgan fingerprint density at radius 2 is 1.11 bits per heavy atom. The molecule has 11 nitrogen and oxygen atoms in total. The lowest BCUT2D eigenvalue weighted by molar-refractivity contribution is -0.273. The van der Waals surface area contributed by atoms with Crippen molar-refractivity contribution in [2.45, 2.75) is 52.9 Å². The molecule has 0 N–H and O–H groups in total. The summed E-state index contributed by atoms with van der Waals surface area (Å²) >= 11 is 0. The Bertz CT molecular complexity index is 586. The maximum absolute atomic E-state index is 12.0. The average molecular weight is 549 g/mol. The highest BCUT2D eigenvalue weighted by Gasteiger charge is 2.20. The number of hydrogen-bond donors (Lipinski definition) is 0. The molecule has 0 unspecified atom stereocenters. The second-order valence-electron chi connectivity index (χ2n) is 9.46. The van der Waals surface area contributed by atoms with Crippen LogP contribution in [-0.2, 0) is 33.6 Å². The topological polar surface area (TPSA) is 93.3 Å². The first-order valence-corrected chi connectivity index (χ1v) is 13.8. The summed E-state index contributed by atoms with van der Waals surface area (Å²) < 4.78 is 15.8. The van der Waals surface area contributed by atoms with Crippen LogP contribution in [0.2, 0.25) is 0 Å². The average Bonchev–Trinajstić information content (AvgIpc) is 2.90. The summed E-state index contributed by atoms with van der Waals surface area (Å²) in [7, 11) is 4.32. The second-order valence-corrected chi connectivity index (χ2v) is 9.46. The van der Waals surface area contributed by atoms with E-state index in [0.717, 1.165) is 45.8 Å². The first-order chi connectivity index (χ1) is 18.0. The predicted octanol–water partition coefficient (Wildman–Crippen LogP) is 2.10. The molecule has 0 atom stereocenters. The van der Waals surface area contributed by atoms with Gasteiger partial charge in [0.15, 0.2) is 0 Å². The lowest BCUT2D eigenvalue weighted by Crippen LogP contribution is -2.48. The van der Waals surface area contributed by atoms with Gasteiger partial charge in [0, 0.05) is 65.5 Å². The fraction of sp³-hybridized carbons (Fsp3) is 0.926. The van der Waals surface area contributed by atoms with E-state index >= 15 is 0 Å². The Balaban J connectivity index is 0.0000137. The second kappa shape index (κ2) is 24.7. The van der Waals surface area contributed by atoms with E-state index in [0.29, 0.717) is 39.5 Å². The van der Waals surface area contributed by atoms with Crippen LogP contribution < -0.4 is 0 Å². The van der Waals surface area contributed by atoms with Crippen molar-refractivity contribution in [1.82, 2.24) is 19.6 Å². The third kappa shape index (κ3) is 18.8. The molecule has 0 saturated carbocycles. The highest BCUT2D eigenvalue weighted by molar-refractivity contribution is 5.71. The van der Waals surface area contributed by atoms with Crippen LogP contribution in [0, 0.1) is 0 Å². The first-order valence-electron chi connectivity index (χ1n) is 13.8. The number of carbonyl (C=O) groups is 2. The van der Waals surface area contributed by atoms with Crippen LogP contribution in [-0.4, -0.2) is 145 Å². The largest absolute Gasteiger partial charge is 0.468 e. The maximum Gasteiger partial charge on any atom is 0.319 e. The molecule has 0 aliphatic carbocycles. The van der Waals surface area contributed by atoms with Crippen molar-refractivity contribution in [1.29, 1.82) is 0 Å². The van der Waals surface area contributed by atoms with Crippen molar-refractivity contribution >= 4 is 11.9 Å². The molecular weight excluding hydrogens is 492 g/mol. The van der Waals surface area contributed by atoms with Crippen molar-refractivity contribution < 1.29 is 33.6 Å². The Labute approximate surface area is 231 Å². The monoisotopic (exact) mass is 548 g/mol. The van der Waals surface area contributed by atoms with Gasteiger partial charge in [-0.3, -0.25) is 29.2 Å². The Morgan fingerprint density at radius 1 is 0.632 bits per heavy atom. The summed E-state index contributed by atoms with van der Waals surface area (Å²) in [6.45, 7) is 11.1. The third-order valence-corrected chi connectivity index (χ3v) is 6.62. The summed E-state index contributed by atoms with van der Waals surface area (Å²) in [5.74, 6) is -0.531. The fourth-order valence-electron chi connectivity index (χ4n) is 4.17. The van der Waals surface area contributed by atoms with Gasteiger partial charge < -0.3 is 14.2 Å². The first kappa shape index (κ1) is 36.7. The summed E-state index contributed by atoms with van der Waals surface area (Å²) in [5.41, 5.74) is 0. The summed E-state index contributed by atoms with van der Waals surface area (Å²) in [4.78, 5) is 42.7. The lowest BCUT2D eigenvalue weighted by atomic mass is 10.1. The van der Waals surface area contributed by atoms with Crippen molar-refractivity contribution in [2.75, 3.05) is 113 Å². The molecule has 0 spiro atoms. The molecule has 0 aromatic heterocycles. The minimum atomic E-state index is -0.269. The highest BCUT2D eigenvalue weighted by Crippen LogP contribution is 2.06. The molecule has 1 rings (SSSR count). The predicted molar refractivity (Wildman–Crippen MR) is 149 cm³/mol. The standard InChI is InChI=1S/C26H52N4O7.CH4/c1-5-6-7-8-9-10-20-36-24-30-17-12-27(19-21-37-35-4)11-13-28(22-25(31)33-2)14-15-29(16-18-30)23-26(32)34-3;/h5-24H2,1-4H3;1H4. The number of hydrogen-bond acceptors (Lipinski definition) is 11. The summed E-state index contributed by atoms with van der Waals surface area (Å²) in [6.07, 6.45) is 7.44. The van der Waals surface area contributed by atoms with Crippen LogP contribution in [0.1, 0.15) is 52.9 Å². The molecule has 0 aromatic rings. The zero-order valence-electron chi connectivity index (χ0n) is 23.8. The van der Waals surface area contributed by atoms with Crippen LogP contribution in [0.4, 0.5) is 0 Å². The van der Waals surface area contributed by atoms with Gasteiger partial charge in [0.25, 0.3) is 0 Å². The highest BCUT2D eigenvalue weighted by atomic mass is 17.2. The van der Waals surface area contributed by atoms with E-state index in [1.165, 1.54) is 53.4 Å². The molecule has 1 fully saturated rings. The number of esters is 2. The van der Waals surface area contributed by atoms with Gasteiger partial charge in [-0.1, -0.05) is 46.5 Å². The van der Waals surface area contributed by atoms with E-state index < -0.39 is 0 Å².